The molecule has 0 fully saturated rings. The molecular formula is C9H9FN2O2. The summed E-state index contributed by atoms with van der Waals surface area (Å²) in [4.78, 5) is 10.3. The first-order valence-electron chi connectivity index (χ1n) is 3.85. The molecule has 0 saturated carbocycles. The molecule has 0 aromatic heterocycles. The second-order valence-electron chi connectivity index (χ2n) is 2.78. The van der Waals surface area contributed by atoms with Crippen LogP contribution in [-0.2, 0) is 4.79 Å². The molecule has 0 radical (unpaired) electrons. The first-order valence-corrected chi connectivity index (χ1v) is 3.85. The molecule has 0 aliphatic carbocycles. The highest BCUT2D eigenvalue weighted by molar-refractivity contribution is 6.09. The van der Waals surface area contributed by atoms with E-state index < -0.39 is 18.2 Å². The van der Waals surface area contributed by atoms with Crippen LogP contribution in [0.2, 0.25) is 0 Å². The Morgan fingerprint density at radius 3 is 2.71 bits per heavy atom. The summed E-state index contributed by atoms with van der Waals surface area (Å²) >= 11 is 0. The number of nitrogen functional groups attached to an aromatic ring is 1. The van der Waals surface area contributed by atoms with Gasteiger partial charge in [0.05, 0.1) is 12.1 Å². The third-order valence-corrected chi connectivity index (χ3v) is 1.67. The molecule has 0 spiro atoms. The van der Waals surface area contributed by atoms with E-state index in [0.29, 0.717) is 0 Å². The van der Waals surface area contributed by atoms with Gasteiger partial charge in [0.2, 0.25) is 0 Å². The Kier molecular flexibility index (Phi) is 2.81. The van der Waals surface area contributed by atoms with E-state index >= 15 is 0 Å². The molecule has 0 amide bonds. The lowest BCUT2D eigenvalue weighted by atomic mass is 10.1. The van der Waals surface area contributed by atoms with Gasteiger partial charge in [-0.05, 0) is 18.2 Å². The average Bonchev–Trinajstić information content (AvgIpc) is 2.01. The maximum Gasteiger partial charge on any atom is 0.309 e. The minimum absolute atomic E-state index is 0.0799. The zero-order valence-corrected chi connectivity index (χ0v) is 7.25. The highest BCUT2D eigenvalue weighted by Gasteiger charge is 2.09. The summed E-state index contributed by atoms with van der Waals surface area (Å²) in [6, 6.07) is 3.50. The molecule has 0 heterocycles. The minimum atomic E-state index is -1.11. The van der Waals surface area contributed by atoms with Crippen molar-refractivity contribution in [1.29, 1.82) is 5.41 Å². The van der Waals surface area contributed by atoms with Crippen LogP contribution in [0.5, 0.6) is 0 Å². The number of anilines is 1. The number of carboxylic acid groups (broad SMARTS) is 1. The highest BCUT2D eigenvalue weighted by atomic mass is 19.1. The number of benzene rings is 1. The fourth-order valence-electron chi connectivity index (χ4n) is 1.05. The van der Waals surface area contributed by atoms with E-state index in [1.165, 1.54) is 6.07 Å². The van der Waals surface area contributed by atoms with Crippen molar-refractivity contribution >= 4 is 17.4 Å². The lowest BCUT2D eigenvalue weighted by Gasteiger charge is -2.04. The Labute approximate surface area is 79.7 Å². The summed E-state index contributed by atoms with van der Waals surface area (Å²) in [5.74, 6) is -1.62. The number of hydrogen-bond donors (Lipinski definition) is 3. The standard InChI is InChI=1S/C9H9FN2O2/c10-5-1-2-6(7(11)3-5)8(12)4-9(13)14/h1-3,12H,4,11H2,(H,13,14). The van der Waals surface area contributed by atoms with Gasteiger partial charge in [-0.25, -0.2) is 4.39 Å². The van der Waals surface area contributed by atoms with Gasteiger partial charge in [-0.15, -0.1) is 0 Å². The molecule has 74 valence electrons. The molecule has 4 nitrogen and oxygen atoms in total. The van der Waals surface area contributed by atoms with Gasteiger partial charge in [-0.1, -0.05) is 0 Å². The Balaban J connectivity index is 2.96. The van der Waals surface area contributed by atoms with Crippen molar-refractivity contribution in [1.82, 2.24) is 0 Å². The van der Waals surface area contributed by atoms with Gasteiger partial charge >= 0.3 is 5.97 Å². The molecule has 4 N–H and O–H groups in total. The number of rotatable bonds is 3. The molecule has 0 bridgehead atoms. The van der Waals surface area contributed by atoms with Gasteiger partial charge < -0.3 is 16.2 Å². The molecule has 0 aliphatic rings. The zero-order chi connectivity index (χ0) is 10.7. The van der Waals surface area contributed by atoms with Crippen LogP contribution in [-0.4, -0.2) is 16.8 Å². The SMILES string of the molecule is N=C(CC(=O)O)c1ccc(F)cc1N. The molecule has 1 rings (SSSR count). The van der Waals surface area contributed by atoms with Crippen molar-refractivity contribution in [2.75, 3.05) is 5.73 Å². The normalized spacial score (nSPS) is 9.79. The fourth-order valence-corrected chi connectivity index (χ4v) is 1.05. The fraction of sp³-hybridized carbons (Fsp3) is 0.111. The van der Waals surface area contributed by atoms with Crippen LogP contribution in [0.3, 0.4) is 0 Å². The largest absolute Gasteiger partial charge is 0.481 e. The average molecular weight is 196 g/mol. The number of halogens is 1. The van der Waals surface area contributed by atoms with Crippen molar-refractivity contribution in [2.24, 2.45) is 0 Å². The molecule has 5 heteroatoms. The summed E-state index contributed by atoms with van der Waals surface area (Å²) in [6.07, 6.45) is -0.421. The number of hydrogen-bond acceptors (Lipinski definition) is 3. The second kappa shape index (κ2) is 3.87. The predicted molar refractivity (Wildman–Crippen MR) is 49.9 cm³/mol. The van der Waals surface area contributed by atoms with Crippen LogP contribution in [0.25, 0.3) is 0 Å². The van der Waals surface area contributed by atoms with E-state index in [1.807, 2.05) is 0 Å². The van der Waals surface area contributed by atoms with Crippen LogP contribution < -0.4 is 5.73 Å². The van der Waals surface area contributed by atoms with Crippen molar-refractivity contribution < 1.29 is 14.3 Å². The third-order valence-electron chi connectivity index (χ3n) is 1.67. The smallest absolute Gasteiger partial charge is 0.309 e. The summed E-state index contributed by atoms with van der Waals surface area (Å²) in [6.45, 7) is 0. The molecule has 1 aromatic carbocycles. The number of carboxylic acids is 1. The number of nitrogens with two attached hydrogens (primary N) is 1. The van der Waals surface area contributed by atoms with Gasteiger partial charge in [0.15, 0.2) is 0 Å². The Morgan fingerprint density at radius 2 is 2.21 bits per heavy atom. The zero-order valence-electron chi connectivity index (χ0n) is 7.25. The van der Waals surface area contributed by atoms with Crippen molar-refractivity contribution in [3.8, 4) is 0 Å². The lowest BCUT2D eigenvalue weighted by Crippen LogP contribution is -2.09. The Hall–Kier alpha value is -1.91. The maximum atomic E-state index is 12.6. The van der Waals surface area contributed by atoms with E-state index in [9.17, 15) is 9.18 Å². The number of aliphatic carboxylic acids is 1. The van der Waals surface area contributed by atoms with E-state index in [1.54, 1.807) is 0 Å². The second-order valence-corrected chi connectivity index (χ2v) is 2.78. The van der Waals surface area contributed by atoms with E-state index in [0.717, 1.165) is 12.1 Å². The Morgan fingerprint density at radius 1 is 1.57 bits per heavy atom. The van der Waals surface area contributed by atoms with Gasteiger partial charge in [0.1, 0.15) is 5.82 Å². The van der Waals surface area contributed by atoms with Gasteiger partial charge in [0.25, 0.3) is 0 Å². The molecule has 1 aromatic rings. The van der Waals surface area contributed by atoms with Crippen LogP contribution in [0.15, 0.2) is 18.2 Å². The maximum absolute atomic E-state index is 12.6. The van der Waals surface area contributed by atoms with Gasteiger partial charge in [0, 0.05) is 11.3 Å². The summed E-state index contributed by atoms with van der Waals surface area (Å²) in [5.41, 5.74) is 5.63. The molecule has 0 atom stereocenters. The van der Waals surface area contributed by atoms with E-state index in [-0.39, 0.29) is 17.0 Å². The van der Waals surface area contributed by atoms with Crippen LogP contribution >= 0.6 is 0 Å². The first kappa shape index (κ1) is 10.2. The molecule has 0 unspecified atom stereocenters. The number of nitrogens with one attached hydrogen (secondary N) is 1. The third kappa shape index (κ3) is 2.29. The molecular weight excluding hydrogens is 187 g/mol. The molecule has 0 saturated heterocycles. The van der Waals surface area contributed by atoms with Crippen LogP contribution in [0.1, 0.15) is 12.0 Å². The summed E-state index contributed by atoms with van der Waals surface area (Å²) < 4.78 is 12.6. The highest BCUT2D eigenvalue weighted by Crippen LogP contribution is 2.15. The summed E-state index contributed by atoms with van der Waals surface area (Å²) in [7, 11) is 0. The van der Waals surface area contributed by atoms with Gasteiger partial charge in [-0.3, -0.25) is 4.79 Å². The van der Waals surface area contributed by atoms with Crippen molar-refractivity contribution in [3.63, 3.8) is 0 Å². The van der Waals surface area contributed by atoms with E-state index in [4.69, 9.17) is 16.2 Å². The van der Waals surface area contributed by atoms with Crippen LogP contribution in [0, 0.1) is 11.2 Å². The van der Waals surface area contributed by atoms with Gasteiger partial charge in [-0.2, -0.15) is 0 Å². The lowest BCUT2D eigenvalue weighted by molar-refractivity contribution is -0.135. The first-order chi connectivity index (χ1) is 6.50. The Bertz CT molecular complexity index is 390. The number of carbonyl (C=O) groups is 1. The quantitative estimate of drug-likeness (QED) is 0.502. The molecule has 0 aliphatic heterocycles. The summed E-state index contributed by atoms with van der Waals surface area (Å²) in [5, 5.41) is 15.8. The monoisotopic (exact) mass is 196 g/mol. The topological polar surface area (TPSA) is 87.2 Å². The van der Waals surface area contributed by atoms with Crippen molar-refractivity contribution in [3.05, 3.63) is 29.6 Å². The minimum Gasteiger partial charge on any atom is -0.481 e. The predicted octanol–water partition coefficient (Wildman–Crippen LogP) is 1.25. The van der Waals surface area contributed by atoms with Crippen molar-refractivity contribution in [2.45, 2.75) is 6.42 Å². The molecule has 14 heavy (non-hydrogen) atoms. The van der Waals surface area contributed by atoms with E-state index in [2.05, 4.69) is 0 Å². The van der Waals surface area contributed by atoms with Crippen LogP contribution in [0.4, 0.5) is 10.1 Å².